The molecule has 29 heavy (non-hydrogen) atoms. The number of fused-ring (bicyclic) bond motifs is 2. The largest absolute Gasteiger partial charge is 0.441 e. The Morgan fingerprint density at radius 1 is 1.10 bits per heavy atom. The smallest absolute Gasteiger partial charge is 0.192 e. The highest BCUT2D eigenvalue weighted by Crippen LogP contribution is 2.35. The number of quaternary nitrogens is 1. The Bertz CT molecular complexity index is 1190. The Labute approximate surface area is 172 Å². The van der Waals surface area contributed by atoms with E-state index in [0.29, 0.717) is 5.89 Å². The van der Waals surface area contributed by atoms with Crippen molar-refractivity contribution in [2.45, 2.75) is 27.3 Å². The minimum Gasteiger partial charge on any atom is -0.441 e. The molecule has 1 aromatic carbocycles. The number of oxazole rings is 1. The fourth-order valence-corrected chi connectivity index (χ4v) is 4.83. The predicted molar refractivity (Wildman–Crippen MR) is 114 cm³/mol. The highest BCUT2D eigenvalue weighted by atomic mass is 32.1. The van der Waals surface area contributed by atoms with Gasteiger partial charge >= 0.3 is 0 Å². The molecule has 1 saturated heterocycles. The van der Waals surface area contributed by atoms with Crippen molar-refractivity contribution in [3.8, 4) is 0 Å². The second kappa shape index (κ2) is 7.37. The molecule has 150 valence electrons. The average Bonchev–Trinajstić information content (AvgIpc) is 3.20. The first kappa shape index (κ1) is 18.5. The maximum Gasteiger partial charge on any atom is 0.192 e. The van der Waals surface area contributed by atoms with Crippen LogP contribution in [0, 0.1) is 20.8 Å². The van der Waals surface area contributed by atoms with Crippen LogP contribution in [0.4, 0.5) is 11.5 Å². The van der Waals surface area contributed by atoms with Gasteiger partial charge in [-0.3, -0.25) is 0 Å². The number of ether oxygens (including phenoxy) is 1. The monoisotopic (exact) mass is 410 g/mol. The van der Waals surface area contributed by atoms with E-state index in [1.807, 2.05) is 25.1 Å². The Hall–Kier alpha value is -2.55. The summed E-state index contributed by atoms with van der Waals surface area (Å²) in [7, 11) is 0. The molecular formula is C21H24N5O2S+. The average molecular weight is 411 g/mol. The molecule has 1 aliphatic rings. The van der Waals surface area contributed by atoms with Gasteiger partial charge in [0, 0.05) is 17.5 Å². The van der Waals surface area contributed by atoms with E-state index < -0.39 is 0 Å². The van der Waals surface area contributed by atoms with Crippen LogP contribution in [0.15, 0.2) is 22.6 Å². The molecule has 4 aromatic rings. The SMILES string of the molecule is Cc1nc2cc(Nc3nc(C[NH+]4CCOCC4)nc4sc(C)c(C)c34)ccc2o1. The van der Waals surface area contributed by atoms with E-state index in [1.165, 1.54) is 15.3 Å². The number of hydrogen-bond donors (Lipinski definition) is 2. The highest BCUT2D eigenvalue weighted by Gasteiger charge is 2.20. The van der Waals surface area contributed by atoms with Crippen LogP contribution in [0.5, 0.6) is 0 Å². The highest BCUT2D eigenvalue weighted by molar-refractivity contribution is 7.18. The topological polar surface area (TPSA) is 77.5 Å². The summed E-state index contributed by atoms with van der Waals surface area (Å²) in [5.74, 6) is 2.40. The summed E-state index contributed by atoms with van der Waals surface area (Å²) in [5.41, 5.74) is 3.81. The summed E-state index contributed by atoms with van der Waals surface area (Å²) in [5, 5.41) is 4.62. The number of hydrogen-bond acceptors (Lipinski definition) is 7. The first-order valence-electron chi connectivity index (χ1n) is 9.89. The number of benzene rings is 1. The quantitative estimate of drug-likeness (QED) is 0.539. The Balaban J connectivity index is 1.54. The molecule has 0 saturated carbocycles. The summed E-state index contributed by atoms with van der Waals surface area (Å²) in [6.45, 7) is 10.5. The molecule has 1 aliphatic heterocycles. The van der Waals surface area contributed by atoms with Gasteiger partial charge in [-0.15, -0.1) is 11.3 Å². The van der Waals surface area contributed by atoms with Crippen LogP contribution >= 0.6 is 11.3 Å². The van der Waals surface area contributed by atoms with Gasteiger partial charge in [-0.1, -0.05) is 0 Å². The summed E-state index contributed by atoms with van der Waals surface area (Å²) < 4.78 is 11.1. The standard InChI is InChI=1S/C21H23N5O2S/c1-12-13(2)29-21-19(12)20(24-18(25-21)11-26-6-8-27-9-7-26)23-15-4-5-17-16(10-15)22-14(3)28-17/h4-5,10H,6-9,11H2,1-3H3,(H,23,24,25)/p+1. The van der Waals surface area contributed by atoms with E-state index in [1.54, 1.807) is 11.3 Å². The molecule has 0 aliphatic carbocycles. The van der Waals surface area contributed by atoms with Crippen LogP contribution in [0.25, 0.3) is 21.3 Å². The van der Waals surface area contributed by atoms with Gasteiger partial charge in [0.1, 0.15) is 35.8 Å². The summed E-state index contributed by atoms with van der Waals surface area (Å²) in [6, 6.07) is 5.95. The summed E-state index contributed by atoms with van der Waals surface area (Å²) in [6.07, 6.45) is 0. The van der Waals surface area contributed by atoms with Crippen molar-refractivity contribution in [3.05, 3.63) is 40.4 Å². The third-order valence-corrected chi connectivity index (χ3v) is 6.54. The zero-order valence-electron chi connectivity index (χ0n) is 16.8. The van der Waals surface area contributed by atoms with Crippen LogP contribution in [-0.4, -0.2) is 41.3 Å². The minimum absolute atomic E-state index is 0.668. The van der Waals surface area contributed by atoms with E-state index >= 15 is 0 Å². The maximum atomic E-state index is 5.59. The number of thiophene rings is 1. The van der Waals surface area contributed by atoms with Crippen LogP contribution in [0.3, 0.4) is 0 Å². The van der Waals surface area contributed by atoms with Gasteiger partial charge in [-0.05, 0) is 37.6 Å². The van der Waals surface area contributed by atoms with Gasteiger partial charge in [0.15, 0.2) is 17.3 Å². The fraction of sp³-hybridized carbons (Fsp3) is 0.381. The summed E-state index contributed by atoms with van der Waals surface area (Å²) in [4.78, 5) is 18.0. The van der Waals surface area contributed by atoms with Crippen LogP contribution < -0.4 is 10.2 Å². The lowest BCUT2D eigenvalue weighted by atomic mass is 10.2. The van der Waals surface area contributed by atoms with Gasteiger partial charge in [0.05, 0.1) is 18.6 Å². The van der Waals surface area contributed by atoms with Crippen LogP contribution in [-0.2, 0) is 11.3 Å². The lowest BCUT2D eigenvalue weighted by molar-refractivity contribution is -0.922. The second-order valence-electron chi connectivity index (χ2n) is 7.53. The molecular weight excluding hydrogens is 386 g/mol. The number of nitrogens with zero attached hydrogens (tertiary/aromatic N) is 3. The second-order valence-corrected chi connectivity index (χ2v) is 8.73. The number of anilines is 2. The maximum absolute atomic E-state index is 5.59. The number of morpholine rings is 1. The molecule has 4 heterocycles. The summed E-state index contributed by atoms with van der Waals surface area (Å²) >= 11 is 1.73. The molecule has 0 spiro atoms. The molecule has 7 nitrogen and oxygen atoms in total. The van der Waals surface area contributed by atoms with Crippen LogP contribution in [0.1, 0.15) is 22.2 Å². The lowest BCUT2D eigenvalue weighted by Gasteiger charge is -2.23. The van der Waals surface area contributed by atoms with Crippen molar-refractivity contribution in [2.75, 3.05) is 31.6 Å². The molecule has 0 atom stereocenters. The van der Waals surface area contributed by atoms with Gasteiger partial charge in [-0.25, -0.2) is 15.0 Å². The van der Waals surface area contributed by atoms with E-state index in [9.17, 15) is 0 Å². The van der Waals surface area contributed by atoms with E-state index in [4.69, 9.17) is 19.1 Å². The number of rotatable bonds is 4. The van der Waals surface area contributed by atoms with Gasteiger partial charge in [0.25, 0.3) is 0 Å². The normalized spacial score (nSPS) is 15.4. The molecule has 2 N–H and O–H groups in total. The Morgan fingerprint density at radius 3 is 2.76 bits per heavy atom. The zero-order valence-corrected chi connectivity index (χ0v) is 17.7. The van der Waals surface area contributed by atoms with Crippen molar-refractivity contribution in [1.29, 1.82) is 0 Å². The Morgan fingerprint density at radius 2 is 1.93 bits per heavy atom. The van der Waals surface area contributed by atoms with Gasteiger partial charge in [-0.2, -0.15) is 0 Å². The van der Waals surface area contributed by atoms with Gasteiger partial charge < -0.3 is 19.4 Å². The Kier molecular flexibility index (Phi) is 4.69. The molecule has 5 rings (SSSR count). The number of aromatic nitrogens is 3. The first-order chi connectivity index (χ1) is 14.1. The zero-order chi connectivity index (χ0) is 20.0. The molecule has 8 heteroatoms. The number of aryl methyl sites for hydroxylation is 3. The van der Waals surface area contributed by atoms with E-state index in [-0.39, 0.29) is 0 Å². The molecule has 0 unspecified atom stereocenters. The molecule has 1 fully saturated rings. The van der Waals surface area contributed by atoms with E-state index in [2.05, 4.69) is 24.1 Å². The molecule has 0 radical (unpaired) electrons. The molecule has 3 aromatic heterocycles. The first-order valence-corrected chi connectivity index (χ1v) is 10.7. The number of nitrogens with one attached hydrogen (secondary N) is 2. The third kappa shape index (κ3) is 3.59. The van der Waals surface area contributed by atoms with E-state index in [0.717, 1.165) is 71.5 Å². The van der Waals surface area contributed by atoms with Crippen molar-refractivity contribution in [2.24, 2.45) is 0 Å². The van der Waals surface area contributed by atoms with Crippen molar-refractivity contribution in [1.82, 2.24) is 15.0 Å². The fourth-order valence-electron chi connectivity index (χ4n) is 3.78. The predicted octanol–water partition coefficient (Wildman–Crippen LogP) is 2.92. The van der Waals surface area contributed by atoms with Crippen molar-refractivity contribution >= 4 is 44.2 Å². The lowest BCUT2D eigenvalue weighted by Crippen LogP contribution is -3.12. The van der Waals surface area contributed by atoms with Crippen LogP contribution in [0.2, 0.25) is 0 Å². The van der Waals surface area contributed by atoms with Crippen molar-refractivity contribution < 1.29 is 14.1 Å². The minimum atomic E-state index is 0.668. The third-order valence-electron chi connectivity index (χ3n) is 5.44. The van der Waals surface area contributed by atoms with Gasteiger partial charge in [0.2, 0.25) is 0 Å². The molecule has 0 amide bonds. The molecule has 0 bridgehead atoms. The van der Waals surface area contributed by atoms with Crippen molar-refractivity contribution in [3.63, 3.8) is 0 Å².